The minimum atomic E-state index is 0.536. The third-order valence-electron chi connectivity index (χ3n) is 3.02. The predicted molar refractivity (Wildman–Crippen MR) is 69.5 cm³/mol. The van der Waals surface area contributed by atoms with Crippen molar-refractivity contribution >= 4 is 5.69 Å². The van der Waals surface area contributed by atoms with Crippen LogP contribution in [0.1, 0.15) is 19.8 Å². The minimum absolute atomic E-state index is 0.536. The molecular weight excluding hydrogens is 214 g/mol. The van der Waals surface area contributed by atoms with Crippen LogP contribution in [0.15, 0.2) is 18.3 Å². The van der Waals surface area contributed by atoms with Crippen molar-refractivity contribution in [3.63, 3.8) is 0 Å². The number of hydrogen-bond donors (Lipinski definition) is 1. The maximum Gasteiger partial charge on any atom is 0.213 e. The van der Waals surface area contributed by atoms with Gasteiger partial charge in [-0.1, -0.05) is 0 Å². The number of piperidine rings is 1. The number of hydrogen-bond acceptors (Lipinski definition) is 4. The summed E-state index contributed by atoms with van der Waals surface area (Å²) in [5.74, 6) is 0.693. The molecule has 4 heteroatoms. The molecule has 0 aromatic carbocycles. The van der Waals surface area contributed by atoms with Gasteiger partial charge in [-0.2, -0.15) is 0 Å². The molecule has 2 heterocycles. The molecule has 0 bridgehead atoms. The fraction of sp³-hybridized carbons (Fsp3) is 0.615. The van der Waals surface area contributed by atoms with E-state index in [1.165, 1.54) is 19.4 Å². The lowest BCUT2D eigenvalue weighted by molar-refractivity contribution is 0.261. The summed E-state index contributed by atoms with van der Waals surface area (Å²) in [7, 11) is 2.17. The molecule has 1 atom stereocenters. The van der Waals surface area contributed by atoms with Gasteiger partial charge in [0.2, 0.25) is 5.88 Å². The van der Waals surface area contributed by atoms with Crippen LogP contribution in [-0.4, -0.2) is 42.7 Å². The second-order valence-corrected chi connectivity index (χ2v) is 4.56. The molecule has 1 aromatic heterocycles. The molecule has 2 rings (SSSR count). The Hall–Kier alpha value is -1.29. The third-order valence-corrected chi connectivity index (χ3v) is 3.02. The van der Waals surface area contributed by atoms with E-state index in [0.717, 1.165) is 12.2 Å². The Morgan fingerprint density at radius 1 is 1.53 bits per heavy atom. The molecule has 1 saturated heterocycles. The van der Waals surface area contributed by atoms with E-state index in [1.54, 1.807) is 0 Å². The lowest BCUT2D eigenvalue weighted by Crippen LogP contribution is -2.39. The monoisotopic (exact) mass is 235 g/mol. The van der Waals surface area contributed by atoms with Gasteiger partial charge in [-0.3, -0.25) is 0 Å². The number of aromatic nitrogens is 1. The van der Waals surface area contributed by atoms with Crippen LogP contribution in [0.4, 0.5) is 5.69 Å². The molecule has 0 radical (unpaired) electrons. The largest absolute Gasteiger partial charge is 0.478 e. The molecule has 0 saturated carbocycles. The van der Waals surface area contributed by atoms with E-state index in [9.17, 15) is 0 Å². The van der Waals surface area contributed by atoms with Gasteiger partial charge in [-0.05, 0) is 39.4 Å². The van der Waals surface area contributed by atoms with Crippen LogP contribution in [0.25, 0.3) is 0 Å². The summed E-state index contributed by atoms with van der Waals surface area (Å²) in [6.45, 7) is 4.94. The van der Waals surface area contributed by atoms with Crippen LogP contribution in [0, 0.1) is 0 Å². The number of pyridine rings is 1. The number of rotatable bonds is 4. The topological polar surface area (TPSA) is 37.4 Å². The summed E-state index contributed by atoms with van der Waals surface area (Å²) in [5.41, 5.74) is 1.08. The summed E-state index contributed by atoms with van der Waals surface area (Å²) >= 11 is 0. The molecule has 1 N–H and O–H groups in total. The predicted octanol–water partition coefficient (Wildman–Crippen LogP) is 1.99. The Kier molecular flexibility index (Phi) is 4.20. The van der Waals surface area contributed by atoms with Crippen LogP contribution in [0.5, 0.6) is 5.88 Å². The zero-order valence-corrected chi connectivity index (χ0v) is 10.6. The fourth-order valence-electron chi connectivity index (χ4n) is 2.22. The second kappa shape index (κ2) is 5.87. The summed E-state index contributed by atoms with van der Waals surface area (Å²) < 4.78 is 5.32. The van der Waals surface area contributed by atoms with Crippen LogP contribution < -0.4 is 10.1 Å². The normalized spacial score (nSPS) is 21.2. The fourth-order valence-corrected chi connectivity index (χ4v) is 2.22. The number of likely N-dealkylation sites (N-methyl/N-ethyl adjacent to an activating group) is 1. The van der Waals surface area contributed by atoms with Crippen molar-refractivity contribution in [2.75, 3.05) is 32.1 Å². The Bertz CT molecular complexity index is 339. The first-order valence-electron chi connectivity index (χ1n) is 6.32. The van der Waals surface area contributed by atoms with Crippen LogP contribution in [-0.2, 0) is 0 Å². The molecule has 1 aromatic rings. The molecule has 1 unspecified atom stereocenters. The number of nitrogens with one attached hydrogen (secondary N) is 1. The van der Waals surface area contributed by atoms with Crippen molar-refractivity contribution in [1.82, 2.24) is 9.88 Å². The van der Waals surface area contributed by atoms with Crippen molar-refractivity contribution in [2.24, 2.45) is 0 Å². The molecule has 1 fully saturated rings. The summed E-state index contributed by atoms with van der Waals surface area (Å²) in [4.78, 5) is 6.62. The Morgan fingerprint density at radius 3 is 3.06 bits per heavy atom. The molecule has 0 aliphatic carbocycles. The molecule has 0 amide bonds. The number of nitrogens with zero attached hydrogens (tertiary/aromatic N) is 2. The second-order valence-electron chi connectivity index (χ2n) is 4.56. The van der Waals surface area contributed by atoms with Gasteiger partial charge < -0.3 is 15.0 Å². The van der Waals surface area contributed by atoms with Crippen molar-refractivity contribution < 1.29 is 4.74 Å². The van der Waals surface area contributed by atoms with Crippen LogP contribution in [0.2, 0.25) is 0 Å². The lowest BCUT2D eigenvalue weighted by atomic mass is 10.1. The van der Waals surface area contributed by atoms with Gasteiger partial charge in [-0.15, -0.1) is 0 Å². The highest BCUT2D eigenvalue weighted by Gasteiger charge is 2.16. The summed E-state index contributed by atoms with van der Waals surface area (Å²) in [6, 6.07) is 4.49. The van der Waals surface area contributed by atoms with Crippen LogP contribution in [0.3, 0.4) is 0 Å². The smallest absolute Gasteiger partial charge is 0.213 e. The van der Waals surface area contributed by atoms with Gasteiger partial charge in [0.1, 0.15) is 0 Å². The maximum atomic E-state index is 5.32. The maximum absolute atomic E-state index is 5.32. The number of likely N-dealkylation sites (tertiary alicyclic amines) is 1. The van der Waals surface area contributed by atoms with Crippen molar-refractivity contribution in [3.05, 3.63) is 18.3 Å². The molecule has 1 aliphatic heterocycles. The van der Waals surface area contributed by atoms with Gasteiger partial charge in [-0.25, -0.2) is 4.98 Å². The van der Waals surface area contributed by atoms with Crippen molar-refractivity contribution in [2.45, 2.75) is 25.8 Å². The average molecular weight is 235 g/mol. The molecule has 1 aliphatic rings. The van der Waals surface area contributed by atoms with Gasteiger partial charge in [0.25, 0.3) is 0 Å². The summed E-state index contributed by atoms with van der Waals surface area (Å²) in [6.07, 6.45) is 4.34. The summed E-state index contributed by atoms with van der Waals surface area (Å²) in [5, 5.41) is 3.52. The highest BCUT2D eigenvalue weighted by atomic mass is 16.5. The van der Waals surface area contributed by atoms with E-state index in [0.29, 0.717) is 18.5 Å². The van der Waals surface area contributed by atoms with E-state index < -0.39 is 0 Å². The highest BCUT2D eigenvalue weighted by molar-refractivity contribution is 5.43. The number of ether oxygens (including phenoxy) is 1. The van der Waals surface area contributed by atoms with E-state index >= 15 is 0 Å². The third kappa shape index (κ3) is 3.60. The van der Waals surface area contributed by atoms with E-state index in [-0.39, 0.29) is 0 Å². The molecular formula is C13H21N3O. The Balaban J connectivity index is 1.89. The quantitative estimate of drug-likeness (QED) is 0.866. The zero-order valence-electron chi connectivity index (χ0n) is 10.6. The Labute approximate surface area is 103 Å². The standard InChI is InChI=1S/C13H21N3O/c1-3-17-13-7-6-11(9-14-13)15-12-5-4-8-16(2)10-12/h6-7,9,12,15H,3-5,8,10H2,1-2H3. The molecule has 94 valence electrons. The van der Waals surface area contributed by atoms with Gasteiger partial charge in [0, 0.05) is 18.7 Å². The van der Waals surface area contributed by atoms with E-state index in [1.807, 2.05) is 25.3 Å². The van der Waals surface area contributed by atoms with Crippen LogP contribution >= 0.6 is 0 Å². The molecule has 4 nitrogen and oxygen atoms in total. The first-order valence-corrected chi connectivity index (χ1v) is 6.32. The average Bonchev–Trinajstić information content (AvgIpc) is 2.32. The first kappa shape index (κ1) is 12.2. The zero-order chi connectivity index (χ0) is 12.1. The van der Waals surface area contributed by atoms with Gasteiger partial charge in [0.05, 0.1) is 18.5 Å². The van der Waals surface area contributed by atoms with Gasteiger partial charge >= 0.3 is 0 Å². The first-order chi connectivity index (χ1) is 8.28. The van der Waals surface area contributed by atoms with E-state index in [4.69, 9.17) is 4.74 Å². The van der Waals surface area contributed by atoms with E-state index in [2.05, 4.69) is 22.2 Å². The van der Waals surface area contributed by atoms with Crippen molar-refractivity contribution in [1.29, 1.82) is 0 Å². The Morgan fingerprint density at radius 2 is 2.41 bits per heavy atom. The highest BCUT2D eigenvalue weighted by Crippen LogP contribution is 2.16. The van der Waals surface area contributed by atoms with Crippen molar-refractivity contribution in [3.8, 4) is 5.88 Å². The lowest BCUT2D eigenvalue weighted by Gasteiger charge is -2.30. The SMILES string of the molecule is CCOc1ccc(NC2CCCN(C)C2)cn1. The van der Waals surface area contributed by atoms with Gasteiger partial charge in [0.15, 0.2) is 0 Å². The number of anilines is 1. The molecule has 17 heavy (non-hydrogen) atoms. The molecule has 0 spiro atoms. The minimum Gasteiger partial charge on any atom is -0.478 e.